The molecule has 1 atom stereocenters. The minimum absolute atomic E-state index is 0.0702. The number of nitrogens with two attached hydrogens (primary N) is 1. The number of aliphatic hydroxyl groups is 1. The Morgan fingerprint density at radius 1 is 1.14 bits per heavy atom. The lowest BCUT2D eigenvalue weighted by atomic mass is 10.0. The first-order chi connectivity index (χ1) is 9.88. The second kappa shape index (κ2) is 8.31. The summed E-state index contributed by atoms with van der Waals surface area (Å²) in [5.41, 5.74) is 4.72. The van der Waals surface area contributed by atoms with Gasteiger partial charge in [-0.05, 0) is 49.6 Å². The molecule has 21 heavy (non-hydrogen) atoms. The Balaban J connectivity index is 2.74. The molecule has 3 nitrogen and oxygen atoms in total. The van der Waals surface area contributed by atoms with Crippen LogP contribution in [0.25, 0.3) is 0 Å². The SMILES string of the molecule is NCC(NCCCCCO)c1cc(F)cc(C(F)(F)F)c1. The van der Waals surface area contributed by atoms with Crippen LogP contribution in [-0.4, -0.2) is 24.8 Å². The van der Waals surface area contributed by atoms with Crippen LogP contribution >= 0.6 is 0 Å². The molecule has 1 aromatic carbocycles. The average Bonchev–Trinajstić information content (AvgIpc) is 2.41. The van der Waals surface area contributed by atoms with E-state index in [1.807, 2.05) is 0 Å². The first-order valence-electron chi connectivity index (χ1n) is 6.80. The quantitative estimate of drug-likeness (QED) is 0.511. The minimum Gasteiger partial charge on any atom is -0.396 e. The molecule has 0 aliphatic carbocycles. The lowest BCUT2D eigenvalue weighted by molar-refractivity contribution is -0.137. The molecule has 0 aliphatic heterocycles. The van der Waals surface area contributed by atoms with Gasteiger partial charge in [-0.25, -0.2) is 4.39 Å². The van der Waals surface area contributed by atoms with Crippen molar-refractivity contribution in [1.82, 2.24) is 5.32 Å². The van der Waals surface area contributed by atoms with Crippen molar-refractivity contribution in [2.75, 3.05) is 19.7 Å². The molecule has 0 bridgehead atoms. The molecule has 4 N–H and O–H groups in total. The normalized spacial score (nSPS) is 13.4. The van der Waals surface area contributed by atoms with Crippen molar-refractivity contribution in [3.05, 3.63) is 35.1 Å². The van der Waals surface area contributed by atoms with Gasteiger partial charge >= 0.3 is 6.18 Å². The van der Waals surface area contributed by atoms with Crippen LogP contribution in [0.1, 0.15) is 36.4 Å². The van der Waals surface area contributed by atoms with Crippen molar-refractivity contribution in [2.24, 2.45) is 5.73 Å². The molecule has 7 heteroatoms. The molecule has 0 saturated heterocycles. The molecule has 1 rings (SSSR count). The zero-order chi connectivity index (χ0) is 15.9. The van der Waals surface area contributed by atoms with Gasteiger partial charge in [0.1, 0.15) is 5.82 Å². The van der Waals surface area contributed by atoms with Gasteiger partial charge in [-0.15, -0.1) is 0 Å². The summed E-state index contributed by atoms with van der Waals surface area (Å²) in [7, 11) is 0. The monoisotopic (exact) mass is 308 g/mol. The van der Waals surface area contributed by atoms with Gasteiger partial charge in [0.25, 0.3) is 0 Å². The number of hydrogen-bond donors (Lipinski definition) is 3. The van der Waals surface area contributed by atoms with E-state index in [1.165, 1.54) is 0 Å². The molecule has 0 amide bonds. The van der Waals surface area contributed by atoms with Gasteiger partial charge in [-0.1, -0.05) is 0 Å². The summed E-state index contributed by atoms with van der Waals surface area (Å²) in [5, 5.41) is 11.7. The van der Waals surface area contributed by atoms with E-state index in [-0.39, 0.29) is 18.7 Å². The number of benzene rings is 1. The number of nitrogens with one attached hydrogen (secondary N) is 1. The summed E-state index contributed by atoms with van der Waals surface area (Å²) in [6, 6.07) is 1.92. The first-order valence-corrected chi connectivity index (χ1v) is 6.80. The maximum atomic E-state index is 13.3. The highest BCUT2D eigenvalue weighted by Gasteiger charge is 2.31. The Kier molecular flexibility index (Phi) is 7.07. The molecular weight excluding hydrogens is 288 g/mol. The fraction of sp³-hybridized carbons (Fsp3) is 0.571. The number of alkyl halides is 3. The van der Waals surface area contributed by atoms with Crippen molar-refractivity contribution in [1.29, 1.82) is 0 Å². The van der Waals surface area contributed by atoms with Crippen molar-refractivity contribution in [3.63, 3.8) is 0 Å². The zero-order valence-electron chi connectivity index (χ0n) is 11.6. The highest BCUT2D eigenvalue weighted by atomic mass is 19.4. The highest BCUT2D eigenvalue weighted by Crippen LogP contribution is 2.31. The topological polar surface area (TPSA) is 58.3 Å². The lowest BCUT2D eigenvalue weighted by Gasteiger charge is -2.19. The molecular formula is C14H20F4N2O. The number of rotatable bonds is 8. The summed E-state index contributed by atoms with van der Waals surface area (Å²) >= 11 is 0. The predicted molar refractivity (Wildman–Crippen MR) is 72.1 cm³/mol. The maximum absolute atomic E-state index is 13.3. The van der Waals surface area contributed by atoms with Crippen LogP contribution in [0.2, 0.25) is 0 Å². The highest BCUT2D eigenvalue weighted by molar-refractivity contribution is 5.29. The summed E-state index contributed by atoms with van der Waals surface area (Å²) in [6.07, 6.45) is -2.35. The molecule has 0 saturated carbocycles. The molecule has 1 aromatic rings. The average molecular weight is 308 g/mol. The Morgan fingerprint density at radius 3 is 2.43 bits per heavy atom. The van der Waals surface area contributed by atoms with Crippen molar-refractivity contribution in [2.45, 2.75) is 31.5 Å². The first kappa shape index (κ1) is 17.9. The fourth-order valence-corrected chi connectivity index (χ4v) is 2.00. The summed E-state index contributed by atoms with van der Waals surface area (Å²) in [6.45, 7) is 0.722. The summed E-state index contributed by atoms with van der Waals surface area (Å²) < 4.78 is 51.3. The molecule has 0 radical (unpaired) electrons. The largest absolute Gasteiger partial charge is 0.416 e. The molecule has 0 aromatic heterocycles. The van der Waals surface area contributed by atoms with Crippen molar-refractivity contribution < 1.29 is 22.7 Å². The Hall–Kier alpha value is -1.18. The van der Waals surface area contributed by atoms with Crippen LogP contribution in [0.15, 0.2) is 18.2 Å². The van der Waals surface area contributed by atoms with Crippen LogP contribution < -0.4 is 11.1 Å². The number of unbranched alkanes of at least 4 members (excludes halogenated alkanes) is 2. The molecule has 0 fully saturated rings. The zero-order valence-corrected chi connectivity index (χ0v) is 11.6. The van der Waals surface area contributed by atoms with E-state index in [0.717, 1.165) is 25.0 Å². The molecule has 0 spiro atoms. The number of hydrogen-bond acceptors (Lipinski definition) is 3. The van der Waals surface area contributed by atoms with Gasteiger partial charge in [-0.2, -0.15) is 13.2 Å². The fourth-order valence-electron chi connectivity index (χ4n) is 2.00. The molecule has 1 unspecified atom stereocenters. The standard InChI is InChI=1S/C14H20F4N2O/c15-12-7-10(6-11(8-12)14(16,17)18)13(9-19)20-4-2-1-3-5-21/h6-8,13,20-21H,1-5,9,19H2. The van der Waals surface area contributed by atoms with E-state index < -0.39 is 23.6 Å². The number of aliphatic hydroxyl groups excluding tert-OH is 1. The Labute approximate surface area is 121 Å². The van der Waals surface area contributed by atoms with Crippen LogP contribution in [0.5, 0.6) is 0 Å². The third-order valence-electron chi connectivity index (χ3n) is 3.11. The van der Waals surface area contributed by atoms with Crippen LogP contribution in [-0.2, 0) is 6.18 Å². The van der Waals surface area contributed by atoms with Gasteiger partial charge in [-0.3, -0.25) is 0 Å². The summed E-state index contributed by atoms with van der Waals surface area (Å²) in [5.74, 6) is -0.930. The Morgan fingerprint density at radius 2 is 1.86 bits per heavy atom. The third-order valence-corrected chi connectivity index (χ3v) is 3.11. The van der Waals surface area contributed by atoms with E-state index in [2.05, 4.69) is 5.32 Å². The smallest absolute Gasteiger partial charge is 0.396 e. The van der Waals surface area contributed by atoms with E-state index in [1.54, 1.807) is 0 Å². The van der Waals surface area contributed by atoms with Gasteiger partial charge < -0.3 is 16.2 Å². The second-order valence-electron chi connectivity index (χ2n) is 4.80. The van der Waals surface area contributed by atoms with Crippen LogP contribution in [0.4, 0.5) is 17.6 Å². The van der Waals surface area contributed by atoms with E-state index in [4.69, 9.17) is 10.8 Å². The number of halogens is 4. The second-order valence-corrected chi connectivity index (χ2v) is 4.80. The third kappa shape index (κ3) is 5.99. The van der Waals surface area contributed by atoms with Crippen molar-refractivity contribution in [3.8, 4) is 0 Å². The van der Waals surface area contributed by atoms with Gasteiger partial charge in [0.05, 0.1) is 5.56 Å². The molecule has 0 heterocycles. The molecule has 120 valence electrons. The van der Waals surface area contributed by atoms with Crippen molar-refractivity contribution >= 4 is 0 Å². The maximum Gasteiger partial charge on any atom is 0.416 e. The molecule has 0 aliphatic rings. The van der Waals surface area contributed by atoms with E-state index >= 15 is 0 Å². The lowest BCUT2D eigenvalue weighted by Crippen LogP contribution is -2.29. The Bertz CT molecular complexity index is 437. The van der Waals surface area contributed by atoms with Gasteiger partial charge in [0.15, 0.2) is 0 Å². The van der Waals surface area contributed by atoms with E-state index in [9.17, 15) is 17.6 Å². The minimum atomic E-state index is -4.59. The van der Waals surface area contributed by atoms with Crippen LogP contribution in [0, 0.1) is 5.82 Å². The van der Waals surface area contributed by atoms with Gasteiger partial charge in [0, 0.05) is 19.2 Å². The van der Waals surface area contributed by atoms with Crippen LogP contribution in [0.3, 0.4) is 0 Å². The predicted octanol–water partition coefficient (Wildman–Crippen LogP) is 2.60. The van der Waals surface area contributed by atoms with E-state index in [0.29, 0.717) is 19.0 Å². The summed E-state index contributed by atoms with van der Waals surface area (Å²) in [4.78, 5) is 0. The van der Waals surface area contributed by atoms with Gasteiger partial charge in [0.2, 0.25) is 0 Å².